The zero-order valence-corrected chi connectivity index (χ0v) is 13.5. The highest BCUT2D eigenvalue weighted by atomic mass is 35.5. The van der Waals surface area contributed by atoms with Gasteiger partial charge in [-0.2, -0.15) is 0 Å². The third-order valence-corrected chi connectivity index (χ3v) is 5.05. The van der Waals surface area contributed by atoms with Gasteiger partial charge in [0, 0.05) is 16.3 Å². The van der Waals surface area contributed by atoms with Gasteiger partial charge in [0.25, 0.3) is 0 Å². The molecule has 0 amide bonds. The lowest BCUT2D eigenvalue weighted by molar-refractivity contribution is -0.129. The Hall–Kier alpha value is -1.65. The van der Waals surface area contributed by atoms with Gasteiger partial charge < -0.3 is 4.74 Å². The summed E-state index contributed by atoms with van der Waals surface area (Å²) in [7, 11) is 0. The Kier molecular flexibility index (Phi) is 4.60. The lowest BCUT2D eigenvalue weighted by Crippen LogP contribution is -2.29. The van der Waals surface area contributed by atoms with Crippen LogP contribution >= 0.6 is 22.9 Å². The van der Waals surface area contributed by atoms with E-state index in [0.29, 0.717) is 22.7 Å². The second kappa shape index (κ2) is 6.63. The number of benzene rings is 1. The molecule has 1 saturated carbocycles. The molecule has 0 bridgehead atoms. The molecule has 5 heteroatoms. The number of carbonyl (C=O) groups excluding carboxylic acids is 2. The van der Waals surface area contributed by atoms with Gasteiger partial charge in [0.1, 0.15) is 4.88 Å². The molecule has 1 heterocycles. The van der Waals surface area contributed by atoms with Crippen molar-refractivity contribution in [1.29, 1.82) is 0 Å². The lowest BCUT2D eigenvalue weighted by Gasteiger charge is -2.20. The van der Waals surface area contributed by atoms with Crippen molar-refractivity contribution in [2.45, 2.75) is 31.8 Å². The van der Waals surface area contributed by atoms with Crippen molar-refractivity contribution in [2.24, 2.45) is 0 Å². The van der Waals surface area contributed by atoms with Crippen LogP contribution in [0.2, 0.25) is 5.02 Å². The minimum atomic E-state index is -0.567. The van der Waals surface area contributed by atoms with Crippen LogP contribution in [0.1, 0.15) is 35.4 Å². The molecule has 1 aromatic carbocycles. The first-order valence-corrected chi connectivity index (χ1v) is 8.42. The Morgan fingerprint density at radius 1 is 1.14 bits per heavy atom. The van der Waals surface area contributed by atoms with E-state index in [9.17, 15) is 9.59 Å². The van der Waals surface area contributed by atoms with Crippen LogP contribution in [0.3, 0.4) is 0 Å². The largest absolute Gasteiger partial charge is 0.450 e. The van der Waals surface area contributed by atoms with Crippen LogP contribution in [0.4, 0.5) is 0 Å². The fourth-order valence-corrected chi connectivity index (χ4v) is 3.50. The van der Waals surface area contributed by atoms with Crippen molar-refractivity contribution in [3.05, 3.63) is 46.3 Å². The van der Waals surface area contributed by atoms with E-state index in [-0.39, 0.29) is 5.78 Å². The van der Waals surface area contributed by atoms with Gasteiger partial charge in [-0.15, -0.1) is 11.3 Å². The Balaban J connectivity index is 1.71. The maximum atomic E-state index is 12.2. The lowest BCUT2D eigenvalue weighted by atomic mass is 9.96. The molecule has 3 nitrogen and oxygen atoms in total. The average molecular weight is 335 g/mol. The molecule has 2 aromatic rings. The van der Waals surface area contributed by atoms with Crippen LogP contribution in [0.25, 0.3) is 10.4 Å². The summed E-state index contributed by atoms with van der Waals surface area (Å²) in [5, 5.41) is 0.677. The number of ether oxygens (including phenoxy) is 1. The van der Waals surface area contributed by atoms with E-state index in [1.54, 1.807) is 6.07 Å². The number of hydrogen-bond donors (Lipinski definition) is 0. The maximum absolute atomic E-state index is 12.2. The van der Waals surface area contributed by atoms with E-state index in [0.717, 1.165) is 23.3 Å². The number of Topliss-reactive ketones (excluding diaryl/α,β-unsaturated/α-hetero) is 1. The summed E-state index contributed by atoms with van der Waals surface area (Å²) < 4.78 is 5.36. The summed E-state index contributed by atoms with van der Waals surface area (Å²) in [5.41, 5.74) is 1.00. The molecule has 3 rings (SSSR count). The van der Waals surface area contributed by atoms with Crippen LogP contribution in [-0.2, 0) is 9.53 Å². The molecule has 1 aliphatic rings. The van der Waals surface area contributed by atoms with Crippen LogP contribution in [0, 0.1) is 0 Å². The van der Waals surface area contributed by atoms with Crippen molar-refractivity contribution < 1.29 is 14.3 Å². The van der Waals surface area contributed by atoms with E-state index >= 15 is 0 Å². The molecule has 0 spiro atoms. The van der Waals surface area contributed by atoms with Crippen molar-refractivity contribution in [1.82, 2.24) is 0 Å². The summed E-state index contributed by atoms with van der Waals surface area (Å²) in [4.78, 5) is 25.4. The molecular weight excluding hydrogens is 320 g/mol. The maximum Gasteiger partial charge on any atom is 0.349 e. The molecule has 0 aliphatic heterocycles. The first kappa shape index (κ1) is 15.3. The fraction of sp³-hybridized carbons (Fsp3) is 0.294. The summed E-state index contributed by atoms with van der Waals surface area (Å²) in [6.07, 6.45) is 2.41. The van der Waals surface area contributed by atoms with Gasteiger partial charge in [0.05, 0.1) is 0 Å². The van der Waals surface area contributed by atoms with Crippen molar-refractivity contribution in [3.8, 4) is 10.4 Å². The highest BCUT2D eigenvalue weighted by Crippen LogP contribution is 2.30. The predicted octanol–water partition coefficient (Wildman–Crippen LogP) is 4.74. The number of thiophene rings is 1. The first-order chi connectivity index (χ1) is 10.6. The standard InChI is InChI=1S/C17H15ClO3S/c18-12-7-5-11(6-8-12)15-9-10-16(22-15)17(20)21-14-4-2-1-3-13(14)19/h5-10,14H,1-4H2/t14-/m0/s1. The van der Waals surface area contributed by atoms with Crippen LogP contribution in [-0.4, -0.2) is 17.9 Å². The molecule has 0 N–H and O–H groups in total. The molecule has 22 heavy (non-hydrogen) atoms. The van der Waals surface area contributed by atoms with E-state index in [1.807, 2.05) is 30.3 Å². The topological polar surface area (TPSA) is 43.4 Å². The molecule has 114 valence electrons. The van der Waals surface area contributed by atoms with Gasteiger partial charge in [0.15, 0.2) is 11.9 Å². The molecule has 1 fully saturated rings. The molecule has 1 aromatic heterocycles. The van der Waals surface area contributed by atoms with Crippen LogP contribution in [0.15, 0.2) is 36.4 Å². The molecular formula is C17H15ClO3S. The molecule has 1 aliphatic carbocycles. The predicted molar refractivity (Wildman–Crippen MR) is 87.4 cm³/mol. The Labute approximate surface area is 137 Å². The van der Waals surface area contributed by atoms with Gasteiger partial charge >= 0.3 is 5.97 Å². The van der Waals surface area contributed by atoms with E-state index in [1.165, 1.54) is 11.3 Å². The van der Waals surface area contributed by atoms with E-state index in [4.69, 9.17) is 16.3 Å². The Morgan fingerprint density at radius 2 is 1.91 bits per heavy atom. The third-order valence-electron chi connectivity index (χ3n) is 3.68. The minimum absolute atomic E-state index is 0.0362. The first-order valence-electron chi connectivity index (χ1n) is 7.23. The molecule has 1 atom stereocenters. The van der Waals surface area contributed by atoms with E-state index < -0.39 is 12.1 Å². The summed E-state index contributed by atoms with van der Waals surface area (Å²) >= 11 is 7.24. The van der Waals surface area contributed by atoms with Gasteiger partial charge in [-0.1, -0.05) is 23.7 Å². The number of carbonyl (C=O) groups is 2. The summed E-state index contributed by atoms with van der Waals surface area (Å²) in [6.45, 7) is 0. The quantitative estimate of drug-likeness (QED) is 0.762. The number of rotatable bonds is 3. The second-order valence-corrected chi connectivity index (χ2v) is 6.80. The molecule has 0 saturated heterocycles. The van der Waals surface area contributed by atoms with Crippen molar-refractivity contribution >= 4 is 34.7 Å². The summed E-state index contributed by atoms with van der Waals surface area (Å²) in [5.74, 6) is -0.375. The van der Waals surface area contributed by atoms with Gasteiger partial charge in [-0.05, 0) is 49.1 Å². The normalized spacial score (nSPS) is 18.2. The number of esters is 1. The Bertz CT molecular complexity index is 690. The highest BCUT2D eigenvalue weighted by Gasteiger charge is 2.26. The van der Waals surface area contributed by atoms with E-state index in [2.05, 4.69) is 0 Å². The SMILES string of the molecule is O=C(O[C@H]1CCCCC1=O)c1ccc(-c2ccc(Cl)cc2)s1. The zero-order valence-electron chi connectivity index (χ0n) is 11.9. The second-order valence-electron chi connectivity index (χ2n) is 5.28. The zero-order chi connectivity index (χ0) is 15.5. The number of hydrogen-bond acceptors (Lipinski definition) is 4. The van der Waals surface area contributed by atoms with Crippen molar-refractivity contribution in [2.75, 3.05) is 0 Å². The number of halogens is 1. The van der Waals surface area contributed by atoms with Crippen LogP contribution < -0.4 is 0 Å². The minimum Gasteiger partial charge on any atom is -0.450 e. The van der Waals surface area contributed by atoms with Gasteiger partial charge in [0.2, 0.25) is 0 Å². The smallest absolute Gasteiger partial charge is 0.349 e. The molecule has 0 radical (unpaired) electrons. The van der Waals surface area contributed by atoms with Gasteiger partial charge in [-0.3, -0.25) is 4.79 Å². The molecule has 0 unspecified atom stereocenters. The van der Waals surface area contributed by atoms with Crippen LogP contribution in [0.5, 0.6) is 0 Å². The van der Waals surface area contributed by atoms with Gasteiger partial charge in [-0.25, -0.2) is 4.79 Å². The Morgan fingerprint density at radius 3 is 2.64 bits per heavy atom. The highest BCUT2D eigenvalue weighted by molar-refractivity contribution is 7.17. The average Bonchev–Trinajstić information content (AvgIpc) is 3.00. The third kappa shape index (κ3) is 3.39. The fourth-order valence-electron chi connectivity index (χ4n) is 2.48. The summed E-state index contributed by atoms with van der Waals surface area (Å²) in [6, 6.07) is 11.1. The number of ketones is 1. The van der Waals surface area contributed by atoms with Crippen molar-refractivity contribution in [3.63, 3.8) is 0 Å². The monoisotopic (exact) mass is 334 g/mol.